The molecule has 1 fully saturated rings. The Hall–Kier alpha value is -1.75. The summed E-state index contributed by atoms with van der Waals surface area (Å²) in [5, 5.41) is 3.18. The van der Waals surface area contributed by atoms with Gasteiger partial charge in [0.2, 0.25) is 5.91 Å². The molecule has 0 bridgehead atoms. The molecule has 1 saturated heterocycles. The second-order valence-corrected chi connectivity index (χ2v) is 5.18. The van der Waals surface area contributed by atoms with Gasteiger partial charge >= 0.3 is 0 Å². The largest absolute Gasteiger partial charge is 0.482 e. The van der Waals surface area contributed by atoms with Gasteiger partial charge in [-0.2, -0.15) is 0 Å². The van der Waals surface area contributed by atoms with Gasteiger partial charge in [-0.1, -0.05) is 17.7 Å². The van der Waals surface area contributed by atoms with Crippen molar-refractivity contribution in [1.29, 1.82) is 0 Å². The van der Waals surface area contributed by atoms with Gasteiger partial charge in [-0.3, -0.25) is 9.59 Å². The maximum atomic E-state index is 12.1. The average molecular weight is 297 g/mol. The molecule has 0 aliphatic carbocycles. The summed E-state index contributed by atoms with van der Waals surface area (Å²) in [6.07, 6.45) is 0. The topological polar surface area (TPSA) is 58.6 Å². The second kappa shape index (κ2) is 6.13. The van der Waals surface area contributed by atoms with Crippen LogP contribution in [-0.4, -0.2) is 42.5 Å². The molecule has 1 aliphatic heterocycles. The number of rotatable bonds is 3. The first kappa shape index (κ1) is 14.7. The molecule has 1 aromatic rings. The first-order valence-corrected chi connectivity index (χ1v) is 6.83. The van der Waals surface area contributed by atoms with Gasteiger partial charge in [0.25, 0.3) is 5.91 Å². The van der Waals surface area contributed by atoms with Crippen molar-refractivity contribution in [3.8, 4) is 5.75 Å². The monoisotopic (exact) mass is 296 g/mol. The Bertz CT molecular complexity index is 533. The van der Waals surface area contributed by atoms with Crippen molar-refractivity contribution >= 4 is 23.4 Å². The Labute approximate surface area is 122 Å². The van der Waals surface area contributed by atoms with Crippen molar-refractivity contribution in [1.82, 2.24) is 10.2 Å². The maximum absolute atomic E-state index is 12.1. The Morgan fingerprint density at radius 3 is 3.05 bits per heavy atom. The van der Waals surface area contributed by atoms with Crippen LogP contribution in [0.4, 0.5) is 0 Å². The summed E-state index contributed by atoms with van der Waals surface area (Å²) in [5.41, 5.74) is 1.00. The zero-order valence-electron chi connectivity index (χ0n) is 11.5. The van der Waals surface area contributed by atoms with E-state index in [1.54, 1.807) is 19.1 Å². The molecule has 0 saturated carbocycles. The summed E-state index contributed by atoms with van der Waals surface area (Å²) in [5.74, 6) is 0.122. The predicted octanol–water partition coefficient (Wildman–Crippen LogP) is 1.37. The lowest BCUT2D eigenvalue weighted by Crippen LogP contribution is -2.56. The minimum atomic E-state index is -0.465. The summed E-state index contributed by atoms with van der Waals surface area (Å²) in [6, 6.07) is 4.91. The van der Waals surface area contributed by atoms with Crippen LogP contribution < -0.4 is 10.1 Å². The number of aryl methyl sites for hydroxylation is 1. The van der Waals surface area contributed by atoms with Gasteiger partial charge in [0.1, 0.15) is 11.8 Å². The van der Waals surface area contributed by atoms with E-state index in [0.717, 1.165) is 5.56 Å². The van der Waals surface area contributed by atoms with E-state index >= 15 is 0 Å². The quantitative estimate of drug-likeness (QED) is 0.916. The van der Waals surface area contributed by atoms with Gasteiger partial charge in [-0.05, 0) is 31.5 Å². The van der Waals surface area contributed by atoms with Crippen molar-refractivity contribution in [2.75, 3.05) is 19.7 Å². The van der Waals surface area contributed by atoms with Gasteiger partial charge in [-0.25, -0.2) is 0 Å². The summed E-state index contributed by atoms with van der Waals surface area (Å²) >= 11 is 6.00. The van der Waals surface area contributed by atoms with Crippen molar-refractivity contribution < 1.29 is 14.3 Å². The lowest BCUT2D eigenvalue weighted by atomic mass is 10.2. The zero-order valence-corrected chi connectivity index (χ0v) is 12.2. The number of ether oxygens (including phenoxy) is 1. The van der Waals surface area contributed by atoms with Gasteiger partial charge in [0.05, 0.1) is 5.02 Å². The van der Waals surface area contributed by atoms with Crippen LogP contribution in [0.15, 0.2) is 18.2 Å². The highest BCUT2D eigenvalue weighted by Gasteiger charge is 2.29. The summed E-state index contributed by atoms with van der Waals surface area (Å²) < 4.78 is 5.46. The van der Waals surface area contributed by atoms with E-state index in [-0.39, 0.29) is 18.4 Å². The van der Waals surface area contributed by atoms with Crippen molar-refractivity contribution in [3.63, 3.8) is 0 Å². The molecule has 1 heterocycles. The zero-order chi connectivity index (χ0) is 14.7. The van der Waals surface area contributed by atoms with Crippen molar-refractivity contribution in [3.05, 3.63) is 28.8 Å². The van der Waals surface area contributed by atoms with Gasteiger partial charge in [0.15, 0.2) is 6.61 Å². The molecular formula is C14H17ClN2O3. The first-order valence-electron chi connectivity index (χ1n) is 6.45. The van der Waals surface area contributed by atoms with Crippen LogP contribution in [-0.2, 0) is 9.59 Å². The van der Waals surface area contributed by atoms with E-state index in [0.29, 0.717) is 23.9 Å². The molecule has 0 radical (unpaired) electrons. The number of carbonyl (C=O) groups excluding carboxylic acids is 2. The third kappa shape index (κ3) is 3.22. The van der Waals surface area contributed by atoms with Gasteiger partial charge in [-0.15, -0.1) is 0 Å². The molecule has 1 atom stereocenters. The van der Waals surface area contributed by atoms with Crippen LogP contribution in [0.1, 0.15) is 12.5 Å². The maximum Gasteiger partial charge on any atom is 0.261 e. The third-order valence-electron chi connectivity index (χ3n) is 3.26. The summed E-state index contributed by atoms with van der Waals surface area (Å²) in [4.78, 5) is 25.1. The van der Waals surface area contributed by atoms with E-state index in [9.17, 15) is 9.59 Å². The Balaban J connectivity index is 1.98. The predicted molar refractivity (Wildman–Crippen MR) is 75.9 cm³/mol. The molecule has 2 rings (SSSR count). The molecule has 1 N–H and O–H groups in total. The Morgan fingerprint density at radius 1 is 1.55 bits per heavy atom. The second-order valence-electron chi connectivity index (χ2n) is 4.78. The highest BCUT2D eigenvalue weighted by atomic mass is 35.5. The fourth-order valence-corrected chi connectivity index (χ4v) is 2.24. The number of benzene rings is 1. The smallest absolute Gasteiger partial charge is 0.261 e. The number of nitrogens with one attached hydrogen (secondary N) is 1. The Morgan fingerprint density at radius 2 is 2.30 bits per heavy atom. The molecular weight excluding hydrogens is 280 g/mol. The van der Waals surface area contributed by atoms with E-state index in [4.69, 9.17) is 16.3 Å². The van der Waals surface area contributed by atoms with E-state index in [1.165, 1.54) is 4.90 Å². The Kier molecular flexibility index (Phi) is 4.49. The fourth-order valence-electron chi connectivity index (χ4n) is 2.07. The molecule has 5 nitrogen and oxygen atoms in total. The molecule has 2 amide bonds. The summed E-state index contributed by atoms with van der Waals surface area (Å²) in [7, 11) is 0. The number of amides is 2. The van der Waals surface area contributed by atoms with Crippen LogP contribution >= 0.6 is 11.6 Å². The van der Waals surface area contributed by atoms with Gasteiger partial charge in [0, 0.05) is 13.1 Å². The number of piperazine rings is 1. The molecule has 1 unspecified atom stereocenters. The normalized spacial score (nSPS) is 18.6. The number of halogens is 1. The first-order chi connectivity index (χ1) is 9.49. The molecule has 1 aliphatic rings. The summed E-state index contributed by atoms with van der Waals surface area (Å²) in [6.45, 7) is 4.46. The van der Waals surface area contributed by atoms with E-state index < -0.39 is 6.04 Å². The SMILES string of the molecule is Cc1ccc(Cl)c(OCC(=O)N2CCNC(=O)C2C)c1. The minimum Gasteiger partial charge on any atom is -0.482 e. The molecule has 108 valence electrons. The van der Waals surface area contributed by atoms with Crippen LogP contribution in [0.2, 0.25) is 5.02 Å². The molecule has 20 heavy (non-hydrogen) atoms. The van der Waals surface area contributed by atoms with E-state index in [2.05, 4.69) is 5.32 Å². The van der Waals surface area contributed by atoms with Crippen LogP contribution in [0.3, 0.4) is 0 Å². The number of carbonyl (C=O) groups is 2. The third-order valence-corrected chi connectivity index (χ3v) is 3.57. The van der Waals surface area contributed by atoms with Crippen LogP contribution in [0.5, 0.6) is 5.75 Å². The number of nitrogens with zero attached hydrogens (tertiary/aromatic N) is 1. The van der Waals surface area contributed by atoms with Crippen LogP contribution in [0, 0.1) is 6.92 Å². The number of hydrogen-bond acceptors (Lipinski definition) is 3. The lowest BCUT2D eigenvalue weighted by Gasteiger charge is -2.32. The fraction of sp³-hybridized carbons (Fsp3) is 0.429. The van der Waals surface area contributed by atoms with E-state index in [1.807, 2.05) is 13.0 Å². The molecule has 0 aromatic heterocycles. The van der Waals surface area contributed by atoms with Crippen molar-refractivity contribution in [2.24, 2.45) is 0 Å². The number of hydrogen-bond donors (Lipinski definition) is 1. The van der Waals surface area contributed by atoms with Crippen molar-refractivity contribution in [2.45, 2.75) is 19.9 Å². The minimum absolute atomic E-state index is 0.124. The standard InChI is InChI=1S/C14H17ClN2O3/c1-9-3-4-11(15)12(7-9)20-8-13(18)17-6-5-16-14(19)10(17)2/h3-4,7,10H,5-6,8H2,1-2H3,(H,16,19). The average Bonchev–Trinajstić information content (AvgIpc) is 2.42. The van der Waals surface area contributed by atoms with Gasteiger partial charge < -0.3 is 15.0 Å². The molecule has 1 aromatic carbocycles. The highest BCUT2D eigenvalue weighted by Crippen LogP contribution is 2.25. The lowest BCUT2D eigenvalue weighted by molar-refractivity contribution is -0.143. The highest BCUT2D eigenvalue weighted by molar-refractivity contribution is 6.32. The molecule has 6 heteroatoms. The van der Waals surface area contributed by atoms with Crippen LogP contribution in [0.25, 0.3) is 0 Å². The molecule has 0 spiro atoms.